The summed E-state index contributed by atoms with van der Waals surface area (Å²) in [5.41, 5.74) is -0.454. The molecule has 134 valence electrons. The molecule has 0 aromatic carbocycles. The molecule has 0 bridgehead atoms. The first-order chi connectivity index (χ1) is 11.7. The average Bonchev–Trinajstić information content (AvgIpc) is 3.18. The Labute approximate surface area is 155 Å². The fourth-order valence-electron chi connectivity index (χ4n) is 1.87. The van der Waals surface area contributed by atoms with Gasteiger partial charge in [-0.15, -0.1) is 22.7 Å². The maximum Gasteiger partial charge on any atom is 0.348 e. The largest absolute Gasteiger partial charge is 0.453 e. The Morgan fingerprint density at radius 1 is 1.04 bits per heavy atom. The van der Waals surface area contributed by atoms with Crippen LogP contribution in [-0.2, 0) is 16.1 Å². The number of rotatable bonds is 6. The molecule has 1 N–H and O–H groups in total. The molecule has 0 unspecified atom stereocenters. The summed E-state index contributed by atoms with van der Waals surface area (Å²) in [4.78, 5) is 38.8. The highest BCUT2D eigenvalue weighted by Crippen LogP contribution is 2.20. The van der Waals surface area contributed by atoms with Crippen molar-refractivity contribution in [2.75, 3.05) is 6.61 Å². The second-order valence-electron chi connectivity index (χ2n) is 6.61. The molecule has 0 aliphatic rings. The first-order valence-electron chi connectivity index (χ1n) is 7.80. The Kier molecular flexibility index (Phi) is 6.13. The Balaban J connectivity index is 1.85. The third kappa shape index (κ3) is 5.51. The van der Waals surface area contributed by atoms with Gasteiger partial charge in [0.25, 0.3) is 0 Å². The van der Waals surface area contributed by atoms with Gasteiger partial charge < -0.3 is 10.1 Å². The average molecular weight is 380 g/mol. The van der Waals surface area contributed by atoms with Crippen molar-refractivity contribution >= 4 is 40.3 Å². The van der Waals surface area contributed by atoms with Crippen molar-refractivity contribution in [1.29, 1.82) is 0 Å². The van der Waals surface area contributed by atoms with Gasteiger partial charge in [0.1, 0.15) is 4.88 Å². The summed E-state index contributed by atoms with van der Waals surface area (Å²) < 4.78 is 5.07. The second-order valence-corrected chi connectivity index (χ2v) is 9.06. The van der Waals surface area contributed by atoms with Gasteiger partial charge in [0.15, 0.2) is 6.61 Å². The number of carbonyl (C=O) groups excluding carboxylic acids is 3. The van der Waals surface area contributed by atoms with Crippen LogP contribution in [0.15, 0.2) is 24.3 Å². The van der Waals surface area contributed by atoms with E-state index in [2.05, 4.69) is 5.32 Å². The highest BCUT2D eigenvalue weighted by atomic mass is 32.1. The highest BCUT2D eigenvalue weighted by Gasteiger charge is 2.21. The normalized spacial score (nSPS) is 11.2. The van der Waals surface area contributed by atoms with Crippen LogP contribution in [-0.4, -0.2) is 24.3 Å². The molecule has 0 aliphatic heterocycles. The predicted octanol–water partition coefficient (Wildman–Crippen LogP) is 3.82. The lowest BCUT2D eigenvalue weighted by Gasteiger charge is -2.17. The van der Waals surface area contributed by atoms with Gasteiger partial charge in [-0.3, -0.25) is 9.59 Å². The summed E-state index contributed by atoms with van der Waals surface area (Å²) in [5, 5.41) is 2.84. The number of ketones is 1. The quantitative estimate of drug-likeness (QED) is 0.612. The minimum absolute atomic E-state index is 0.0473. The molecule has 0 saturated heterocycles. The van der Waals surface area contributed by atoms with Crippen LogP contribution < -0.4 is 5.32 Å². The topological polar surface area (TPSA) is 72.5 Å². The first-order valence-corrected chi connectivity index (χ1v) is 9.44. The molecule has 0 spiro atoms. The molecule has 2 rings (SSSR count). The first kappa shape index (κ1) is 19.3. The van der Waals surface area contributed by atoms with Gasteiger partial charge in [-0.1, -0.05) is 20.8 Å². The molecule has 7 heteroatoms. The summed E-state index contributed by atoms with van der Waals surface area (Å²) in [7, 11) is 0. The number of aryl methyl sites for hydroxylation is 1. The van der Waals surface area contributed by atoms with E-state index < -0.39 is 11.4 Å². The van der Waals surface area contributed by atoms with E-state index in [1.807, 2.05) is 33.8 Å². The lowest BCUT2D eigenvalue weighted by Crippen LogP contribution is -2.34. The molecule has 0 saturated carbocycles. The molecule has 25 heavy (non-hydrogen) atoms. The van der Waals surface area contributed by atoms with Crippen LogP contribution in [0, 0.1) is 12.3 Å². The molecular formula is C18H21NO4S2. The summed E-state index contributed by atoms with van der Waals surface area (Å²) in [6, 6.07) is 7.01. The summed E-state index contributed by atoms with van der Waals surface area (Å²) in [6.45, 7) is 7.52. The van der Waals surface area contributed by atoms with Crippen LogP contribution in [0.1, 0.15) is 49.9 Å². The van der Waals surface area contributed by atoms with Crippen molar-refractivity contribution in [1.82, 2.24) is 5.32 Å². The molecule has 0 radical (unpaired) electrons. The van der Waals surface area contributed by atoms with E-state index in [9.17, 15) is 14.4 Å². The third-order valence-electron chi connectivity index (χ3n) is 3.32. The molecule has 2 heterocycles. The highest BCUT2D eigenvalue weighted by molar-refractivity contribution is 7.14. The maximum atomic E-state index is 12.1. The fourth-order valence-corrected chi connectivity index (χ4v) is 3.51. The van der Waals surface area contributed by atoms with Crippen molar-refractivity contribution < 1.29 is 19.1 Å². The standard InChI is InChI=1S/C18H21NO4S2/c1-11-5-7-15(24-11)16(21)23-10-13(20)14-8-6-12(25-14)9-19-17(22)18(2,3)4/h5-8H,9-10H2,1-4H3,(H,19,22). The van der Waals surface area contributed by atoms with Crippen molar-refractivity contribution in [2.24, 2.45) is 5.41 Å². The van der Waals surface area contributed by atoms with Gasteiger partial charge in [0.05, 0.1) is 11.4 Å². The van der Waals surface area contributed by atoms with Crippen molar-refractivity contribution in [3.63, 3.8) is 0 Å². The Morgan fingerprint density at radius 2 is 1.72 bits per heavy atom. The number of nitrogens with one attached hydrogen (secondary N) is 1. The van der Waals surface area contributed by atoms with E-state index in [1.165, 1.54) is 22.7 Å². The molecule has 0 aliphatic carbocycles. The van der Waals surface area contributed by atoms with Crippen LogP contribution in [0.4, 0.5) is 0 Å². The van der Waals surface area contributed by atoms with Crippen LogP contribution in [0.25, 0.3) is 0 Å². The van der Waals surface area contributed by atoms with E-state index in [0.29, 0.717) is 16.3 Å². The predicted molar refractivity (Wildman–Crippen MR) is 99.3 cm³/mol. The molecule has 0 atom stereocenters. The van der Waals surface area contributed by atoms with E-state index in [-0.39, 0.29) is 18.3 Å². The van der Waals surface area contributed by atoms with Crippen LogP contribution in [0.3, 0.4) is 0 Å². The number of ether oxygens (including phenoxy) is 1. The summed E-state index contributed by atoms with van der Waals surface area (Å²) in [5.74, 6) is -0.783. The second kappa shape index (κ2) is 7.93. The van der Waals surface area contributed by atoms with E-state index in [1.54, 1.807) is 18.2 Å². The van der Waals surface area contributed by atoms with Gasteiger partial charge in [-0.2, -0.15) is 0 Å². The molecule has 2 aromatic rings. The Morgan fingerprint density at radius 3 is 2.32 bits per heavy atom. The van der Waals surface area contributed by atoms with Crippen molar-refractivity contribution in [3.05, 3.63) is 43.8 Å². The zero-order valence-corrected chi connectivity index (χ0v) is 16.3. The molecule has 1 amide bonds. The molecule has 0 fully saturated rings. The molecule has 2 aromatic heterocycles. The van der Waals surface area contributed by atoms with Gasteiger partial charge in [-0.05, 0) is 31.2 Å². The van der Waals surface area contributed by atoms with E-state index >= 15 is 0 Å². The van der Waals surface area contributed by atoms with E-state index in [0.717, 1.165) is 9.75 Å². The van der Waals surface area contributed by atoms with Crippen molar-refractivity contribution in [2.45, 2.75) is 34.2 Å². The Hall–Kier alpha value is -1.99. The fraction of sp³-hybridized carbons (Fsp3) is 0.389. The molecule has 5 nitrogen and oxygen atoms in total. The zero-order valence-electron chi connectivity index (χ0n) is 14.7. The van der Waals surface area contributed by atoms with Crippen LogP contribution >= 0.6 is 22.7 Å². The number of amides is 1. The van der Waals surface area contributed by atoms with Gasteiger partial charge in [0.2, 0.25) is 11.7 Å². The number of esters is 1. The molecular weight excluding hydrogens is 358 g/mol. The number of Topliss-reactive ketones (excluding diaryl/α,β-unsaturated/α-hetero) is 1. The number of hydrogen-bond acceptors (Lipinski definition) is 6. The minimum atomic E-state index is -0.485. The van der Waals surface area contributed by atoms with Gasteiger partial charge in [0, 0.05) is 15.2 Å². The number of hydrogen-bond donors (Lipinski definition) is 1. The van der Waals surface area contributed by atoms with Crippen LogP contribution in [0.2, 0.25) is 0 Å². The van der Waals surface area contributed by atoms with Crippen LogP contribution in [0.5, 0.6) is 0 Å². The van der Waals surface area contributed by atoms with E-state index in [4.69, 9.17) is 4.74 Å². The number of carbonyl (C=O) groups is 3. The van der Waals surface area contributed by atoms with Gasteiger partial charge in [-0.25, -0.2) is 4.79 Å². The summed E-state index contributed by atoms with van der Waals surface area (Å²) in [6.07, 6.45) is 0. The minimum Gasteiger partial charge on any atom is -0.453 e. The maximum absolute atomic E-state index is 12.1. The smallest absolute Gasteiger partial charge is 0.348 e. The Bertz CT molecular complexity index is 783. The third-order valence-corrected chi connectivity index (χ3v) is 5.42. The lowest BCUT2D eigenvalue weighted by atomic mass is 9.96. The van der Waals surface area contributed by atoms with Crippen molar-refractivity contribution in [3.8, 4) is 0 Å². The summed E-state index contributed by atoms with van der Waals surface area (Å²) >= 11 is 2.63. The van der Waals surface area contributed by atoms with Gasteiger partial charge >= 0.3 is 5.97 Å². The SMILES string of the molecule is Cc1ccc(C(=O)OCC(=O)c2ccc(CNC(=O)C(C)(C)C)s2)s1. The zero-order chi connectivity index (χ0) is 18.6. The number of thiophene rings is 2. The lowest BCUT2D eigenvalue weighted by molar-refractivity contribution is -0.128. The monoisotopic (exact) mass is 379 g/mol.